The Morgan fingerprint density at radius 1 is 1.22 bits per heavy atom. The topological polar surface area (TPSA) is 40.5 Å². The van der Waals surface area contributed by atoms with Gasteiger partial charge in [-0.15, -0.1) is 0 Å². The molecule has 0 amide bonds. The molecular formula is C7H8O2. The fourth-order valence-corrected chi connectivity index (χ4v) is 0.561. The van der Waals surface area contributed by atoms with Crippen molar-refractivity contribution in [1.82, 2.24) is 0 Å². The van der Waals surface area contributed by atoms with Crippen molar-refractivity contribution in [2.45, 2.75) is 6.92 Å². The van der Waals surface area contributed by atoms with Crippen LogP contribution >= 0.6 is 0 Å². The lowest BCUT2D eigenvalue weighted by Crippen LogP contribution is -1.70. The Kier molecular flexibility index (Phi) is 0.681. The summed E-state index contributed by atoms with van der Waals surface area (Å²) in [6.07, 6.45) is 0. The average molecular weight is 127 g/mol. The van der Waals surface area contributed by atoms with E-state index in [1.165, 1.54) is 6.92 Å². The molecule has 0 heterocycles. The Hall–Kier alpha value is -1.18. The molecule has 2 heteroatoms. The first-order chi connectivity index (χ1) is 5.46. The molecule has 0 aromatic heterocycles. The summed E-state index contributed by atoms with van der Waals surface area (Å²) >= 11 is 0. The first-order valence-electron chi connectivity index (χ1n) is 3.95. The third kappa shape index (κ3) is 1.35. The van der Waals surface area contributed by atoms with E-state index in [2.05, 4.69) is 0 Å². The number of phenolic OH excluding ortho intramolecular Hbond substituents is 2. The molecule has 0 saturated carbocycles. The van der Waals surface area contributed by atoms with Crippen LogP contribution in [-0.2, 0) is 0 Å². The van der Waals surface area contributed by atoms with E-state index in [0.29, 0.717) is 0 Å². The lowest BCUT2D eigenvalue weighted by atomic mass is 10.2. The van der Waals surface area contributed by atoms with E-state index in [-0.39, 0.29) is 17.6 Å². The van der Waals surface area contributed by atoms with Crippen LogP contribution < -0.4 is 0 Å². The van der Waals surface area contributed by atoms with Crippen LogP contribution in [0.5, 0.6) is 11.5 Å². The largest absolute Gasteiger partial charge is 0.508 e. The fourth-order valence-electron chi connectivity index (χ4n) is 0.561. The number of benzene rings is 1. The zero-order chi connectivity index (χ0) is 9.46. The molecule has 1 aromatic rings. The highest BCUT2D eigenvalue weighted by atomic mass is 16.3. The van der Waals surface area contributed by atoms with Gasteiger partial charge in [-0.25, -0.2) is 0 Å². The summed E-state index contributed by atoms with van der Waals surface area (Å²) in [7, 11) is 0. The van der Waals surface area contributed by atoms with E-state index in [1.54, 1.807) is 0 Å². The van der Waals surface area contributed by atoms with Crippen molar-refractivity contribution in [3.63, 3.8) is 0 Å². The van der Waals surface area contributed by atoms with E-state index in [0.717, 1.165) is 0 Å². The van der Waals surface area contributed by atoms with Crippen LogP contribution in [0.25, 0.3) is 0 Å². The van der Waals surface area contributed by atoms with Crippen molar-refractivity contribution in [2.24, 2.45) is 0 Å². The smallest absolute Gasteiger partial charge is 0.119 e. The van der Waals surface area contributed by atoms with Crippen molar-refractivity contribution in [3.05, 3.63) is 23.7 Å². The number of phenols is 2. The molecule has 0 aliphatic heterocycles. The highest BCUT2D eigenvalue weighted by molar-refractivity contribution is 5.35. The van der Waals surface area contributed by atoms with E-state index in [1.807, 2.05) is 0 Å². The van der Waals surface area contributed by atoms with Crippen LogP contribution in [0.15, 0.2) is 18.1 Å². The summed E-state index contributed by atoms with van der Waals surface area (Å²) in [5, 5.41) is 18.1. The van der Waals surface area contributed by atoms with Crippen molar-refractivity contribution in [1.29, 1.82) is 0 Å². The van der Waals surface area contributed by atoms with Gasteiger partial charge in [-0.05, 0) is 24.6 Å². The van der Waals surface area contributed by atoms with Gasteiger partial charge in [0, 0.05) is 6.04 Å². The summed E-state index contributed by atoms with van der Waals surface area (Å²) in [4.78, 5) is 0. The molecule has 2 nitrogen and oxygen atoms in total. The van der Waals surface area contributed by atoms with Gasteiger partial charge in [0.05, 0.1) is 4.11 Å². The van der Waals surface area contributed by atoms with Crippen molar-refractivity contribution >= 4 is 0 Å². The quantitative estimate of drug-likeness (QED) is 0.553. The van der Waals surface area contributed by atoms with E-state index >= 15 is 0 Å². The van der Waals surface area contributed by atoms with E-state index in [9.17, 15) is 0 Å². The third-order valence-electron chi connectivity index (χ3n) is 0.849. The highest BCUT2D eigenvalue weighted by Gasteiger charge is 1.91. The van der Waals surface area contributed by atoms with Gasteiger partial charge in [-0.1, -0.05) is 0 Å². The standard InChI is InChI=1S/C7H8O2/c1-5-2-6(8)4-7(9)3-5/h2-4,8-9H,1H3/i2D,3D,4D. The normalized spacial score (nSPS) is 14.1. The molecule has 48 valence electrons. The molecular weight excluding hydrogens is 116 g/mol. The van der Waals surface area contributed by atoms with Gasteiger partial charge in [-0.2, -0.15) is 0 Å². The summed E-state index contributed by atoms with van der Waals surface area (Å²) in [5.41, 5.74) is 0.168. The summed E-state index contributed by atoms with van der Waals surface area (Å²) < 4.78 is 21.5. The predicted octanol–water partition coefficient (Wildman–Crippen LogP) is 1.41. The second kappa shape index (κ2) is 1.97. The van der Waals surface area contributed by atoms with Crippen LogP contribution in [0, 0.1) is 6.92 Å². The first-order valence-corrected chi connectivity index (χ1v) is 2.45. The molecule has 0 bridgehead atoms. The fraction of sp³-hybridized carbons (Fsp3) is 0.143. The van der Waals surface area contributed by atoms with E-state index in [4.69, 9.17) is 14.3 Å². The van der Waals surface area contributed by atoms with Gasteiger partial charge in [0.2, 0.25) is 0 Å². The molecule has 0 unspecified atom stereocenters. The maximum absolute atomic E-state index is 9.07. The molecule has 1 aromatic carbocycles. The molecule has 0 fully saturated rings. The molecule has 0 spiro atoms. The Balaban J connectivity index is 3.60. The number of hydrogen-bond acceptors (Lipinski definition) is 2. The second-order valence-corrected chi connectivity index (χ2v) is 1.70. The maximum Gasteiger partial charge on any atom is 0.119 e. The molecule has 0 saturated heterocycles. The Bertz CT molecular complexity index is 231. The number of rotatable bonds is 0. The molecule has 0 aliphatic rings. The Labute approximate surface area is 57.6 Å². The molecule has 0 aliphatic carbocycles. The second-order valence-electron chi connectivity index (χ2n) is 1.70. The average Bonchev–Trinajstić information content (AvgIpc) is 2.08. The lowest BCUT2D eigenvalue weighted by Gasteiger charge is -1.94. The summed E-state index contributed by atoms with van der Waals surface area (Å²) in [6.45, 7) is 1.43. The zero-order valence-corrected chi connectivity index (χ0v) is 4.89. The molecule has 1 rings (SSSR count). The minimum absolute atomic E-state index is 0.168. The van der Waals surface area contributed by atoms with Gasteiger partial charge >= 0.3 is 0 Å². The minimum atomic E-state index is -0.582. The Morgan fingerprint density at radius 3 is 2.11 bits per heavy atom. The van der Waals surface area contributed by atoms with Gasteiger partial charge in [0.15, 0.2) is 0 Å². The zero-order valence-electron chi connectivity index (χ0n) is 7.89. The van der Waals surface area contributed by atoms with Gasteiger partial charge < -0.3 is 10.2 Å². The van der Waals surface area contributed by atoms with Crippen molar-refractivity contribution < 1.29 is 14.3 Å². The SMILES string of the molecule is [2H]c1c(C)c([2H])c(O)c([2H])c1O. The van der Waals surface area contributed by atoms with Gasteiger partial charge in [-0.3, -0.25) is 0 Å². The predicted molar refractivity (Wildman–Crippen MR) is 34.5 cm³/mol. The third-order valence-corrected chi connectivity index (χ3v) is 0.849. The minimum Gasteiger partial charge on any atom is -0.508 e. The highest BCUT2D eigenvalue weighted by Crippen LogP contribution is 2.18. The molecule has 0 radical (unpaired) electrons. The first kappa shape index (κ1) is 3.11. The van der Waals surface area contributed by atoms with E-state index < -0.39 is 17.5 Å². The van der Waals surface area contributed by atoms with Gasteiger partial charge in [0.1, 0.15) is 11.5 Å². The van der Waals surface area contributed by atoms with Crippen LogP contribution in [0.1, 0.15) is 9.68 Å². The van der Waals surface area contributed by atoms with Crippen LogP contribution in [0.3, 0.4) is 0 Å². The van der Waals surface area contributed by atoms with Crippen LogP contribution in [-0.4, -0.2) is 10.2 Å². The monoisotopic (exact) mass is 127 g/mol. The summed E-state index contributed by atoms with van der Waals surface area (Å²) in [5.74, 6) is -1.16. The maximum atomic E-state index is 9.07. The molecule has 0 atom stereocenters. The molecule has 9 heavy (non-hydrogen) atoms. The van der Waals surface area contributed by atoms with Crippen molar-refractivity contribution in [3.8, 4) is 11.5 Å². The molecule has 2 N–H and O–H groups in total. The van der Waals surface area contributed by atoms with Crippen LogP contribution in [0.4, 0.5) is 0 Å². The van der Waals surface area contributed by atoms with Gasteiger partial charge in [0.25, 0.3) is 0 Å². The Morgan fingerprint density at radius 2 is 1.67 bits per heavy atom. The van der Waals surface area contributed by atoms with Crippen LogP contribution in [0.2, 0.25) is 0 Å². The number of aromatic hydroxyl groups is 2. The lowest BCUT2D eigenvalue weighted by molar-refractivity contribution is 0.450. The van der Waals surface area contributed by atoms with Crippen molar-refractivity contribution in [2.75, 3.05) is 0 Å². The number of hydrogen-bond donors (Lipinski definition) is 2. The summed E-state index contributed by atoms with van der Waals surface area (Å²) in [6, 6.07) is -1.11.